The molecule has 2 aliphatic heterocycles. The molecule has 1 aliphatic carbocycles. The third kappa shape index (κ3) is 4.19. The van der Waals surface area contributed by atoms with Gasteiger partial charge in [0.2, 0.25) is 17.7 Å². The van der Waals surface area contributed by atoms with Gasteiger partial charge in [0.05, 0.1) is 12.0 Å². The fraction of sp³-hybridized carbons (Fsp3) is 0.481. The molecule has 0 N–H and O–H groups in total. The SMILES string of the molecule is O=C(CC1(c2ccccc2)CC(=O)N(Cc2cccnc2)C1=O)N1CC[C@@H]2CCCC[C@H]2C1. The van der Waals surface area contributed by atoms with Crippen molar-refractivity contribution in [1.29, 1.82) is 0 Å². The molecule has 3 atom stereocenters. The molecular weight excluding hydrogens is 414 g/mol. The molecule has 2 saturated heterocycles. The average Bonchev–Trinajstić information content (AvgIpc) is 3.09. The number of rotatable bonds is 5. The number of hydrogen-bond acceptors (Lipinski definition) is 4. The highest BCUT2D eigenvalue weighted by atomic mass is 16.2. The van der Waals surface area contributed by atoms with Gasteiger partial charge >= 0.3 is 0 Å². The van der Waals surface area contributed by atoms with E-state index in [-0.39, 0.29) is 37.1 Å². The Bertz CT molecular complexity index is 1030. The Hall–Kier alpha value is -3.02. The molecule has 172 valence electrons. The van der Waals surface area contributed by atoms with E-state index in [1.807, 2.05) is 41.3 Å². The number of carbonyl (C=O) groups is 3. The minimum Gasteiger partial charge on any atom is -0.342 e. The summed E-state index contributed by atoms with van der Waals surface area (Å²) < 4.78 is 0. The molecule has 1 aromatic carbocycles. The van der Waals surface area contributed by atoms with Crippen molar-refractivity contribution in [1.82, 2.24) is 14.8 Å². The largest absolute Gasteiger partial charge is 0.342 e. The number of likely N-dealkylation sites (tertiary alicyclic amines) is 2. The topological polar surface area (TPSA) is 70.6 Å². The van der Waals surface area contributed by atoms with Crippen molar-refractivity contribution in [2.45, 2.75) is 56.9 Å². The number of amides is 3. The highest BCUT2D eigenvalue weighted by Gasteiger charge is 2.54. The van der Waals surface area contributed by atoms with Crippen LogP contribution < -0.4 is 0 Å². The Morgan fingerprint density at radius 3 is 2.55 bits per heavy atom. The Morgan fingerprint density at radius 1 is 1.00 bits per heavy atom. The van der Waals surface area contributed by atoms with Crippen LogP contribution in [0.4, 0.5) is 0 Å². The van der Waals surface area contributed by atoms with E-state index in [4.69, 9.17) is 0 Å². The van der Waals surface area contributed by atoms with E-state index in [0.717, 1.165) is 36.6 Å². The molecule has 6 nitrogen and oxygen atoms in total. The molecule has 2 aromatic rings. The Labute approximate surface area is 195 Å². The van der Waals surface area contributed by atoms with Crippen LogP contribution >= 0.6 is 0 Å². The van der Waals surface area contributed by atoms with E-state index in [0.29, 0.717) is 5.92 Å². The fourth-order valence-electron chi connectivity index (χ4n) is 6.06. The number of fused-ring (bicyclic) bond motifs is 1. The number of imide groups is 1. The third-order valence-electron chi connectivity index (χ3n) is 7.90. The van der Waals surface area contributed by atoms with Crippen molar-refractivity contribution in [3.63, 3.8) is 0 Å². The highest BCUT2D eigenvalue weighted by molar-refractivity contribution is 6.10. The van der Waals surface area contributed by atoms with Crippen LogP contribution in [0.3, 0.4) is 0 Å². The van der Waals surface area contributed by atoms with Gasteiger partial charge in [0.1, 0.15) is 0 Å². The second kappa shape index (κ2) is 9.08. The number of nitrogens with zero attached hydrogens (tertiary/aromatic N) is 3. The summed E-state index contributed by atoms with van der Waals surface area (Å²) in [4.78, 5) is 47.8. The smallest absolute Gasteiger partial charge is 0.241 e. The first kappa shape index (κ1) is 21.8. The van der Waals surface area contributed by atoms with Gasteiger partial charge in [-0.25, -0.2) is 0 Å². The second-order valence-electron chi connectivity index (χ2n) is 9.88. The molecule has 0 bridgehead atoms. The van der Waals surface area contributed by atoms with Crippen LogP contribution in [0.2, 0.25) is 0 Å². The molecule has 0 radical (unpaired) electrons. The summed E-state index contributed by atoms with van der Waals surface area (Å²) in [5.74, 6) is 0.796. The lowest BCUT2D eigenvalue weighted by Crippen LogP contribution is -2.48. The highest BCUT2D eigenvalue weighted by Crippen LogP contribution is 2.42. The summed E-state index contributed by atoms with van der Waals surface area (Å²) in [6, 6.07) is 13.0. The van der Waals surface area contributed by atoms with E-state index in [9.17, 15) is 14.4 Å². The van der Waals surface area contributed by atoms with Crippen molar-refractivity contribution in [3.8, 4) is 0 Å². The normalized spacial score (nSPS) is 27.5. The fourth-order valence-corrected chi connectivity index (χ4v) is 6.06. The Kier molecular flexibility index (Phi) is 6.00. The summed E-state index contributed by atoms with van der Waals surface area (Å²) in [6.45, 7) is 1.73. The third-order valence-corrected chi connectivity index (χ3v) is 7.90. The minimum absolute atomic E-state index is 0.00717. The first-order chi connectivity index (χ1) is 16.1. The molecule has 3 aliphatic rings. The van der Waals surface area contributed by atoms with Gasteiger partial charge in [0, 0.05) is 38.3 Å². The number of carbonyl (C=O) groups excluding carboxylic acids is 3. The van der Waals surface area contributed by atoms with Gasteiger partial charge in [0.15, 0.2) is 0 Å². The van der Waals surface area contributed by atoms with E-state index < -0.39 is 5.41 Å². The predicted molar refractivity (Wildman–Crippen MR) is 124 cm³/mol. The Balaban J connectivity index is 1.40. The molecule has 33 heavy (non-hydrogen) atoms. The average molecular weight is 446 g/mol. The molecule has 0 spiro atoms. The minimum atomic E-state index is -1.14. The zero-order valence-corrected chi connectivity index (χ0v) is 19.0. The summed E-state index contributed by atoms with van der Waals surface area (Å²) >= 11 is 0. The first-order valence-corrected chi connectivity index (χ1v) is 12.1. The zero-order chi connectivity index (χ0) is 22.8. The van der Waals surface area contributed by atoms with Gasteiger partial charge in [-0.15, -0.1) is 0 Å². The number of pyridine rings is 1. The van der Waals surface area contributed by atoms with Crippen molar-refractivity contribution >= 4 is 17.7 Å². The van der Waals surface area contributed by atoms with Crippen molar-refractivity contribution in [2.24, 2.45) is 11.8 Å². The van der Waals surface area contributed by atoms with E-state index in [2.05, 4.69) is 4.98 Å². The van der Waals surface area contributed by atoms with Gasteiger partial charge < -0.3 is 4.90 Å². The number of piperidine rings is 1. The van der Waals surface area contributed by atoms with E-state index >= 15 is 0 Å². The zero-order valence-electron chi connectivity index (χ0n) is 19.0. The molecule has 1 aromatic heterocycles. The lowest BCUT2D eigenvalue weighted by atomic mass is 9.73. The molecular formula is C27H31N3O3. The lowest BCUT2D eigenvalue weighted by Gasteiger charge is -2.42. The van der Waals surface area contributed by atoms with E-state index in [1.165, 1.54) is 30.6 Å². The van der Waals surface area contributed by atoms with Crippen LogP contribution in [-0.2, 0) is 26.3 Å². The molecule has 3 amide bonds. The summed E-state index contributed by atoms with van der Waals surface area (Å²) in [5.41, 5.74) is 0.410. The summed E-state index contributed by atoms with van der Waals surface area (Å²) in [6.07, 6.45) is 9.47. The van der Waals surface area contributed by atoms with Gasteiger partial charge in [-0.2, -0.15) is 0 Å². The monoisotopic (exact) mass is 445 g/mol. The molecule has 6 heteroatoms. The van der Waals surface area contributed by atoms with Crippen LogP contribution in [-0.4, -0.2) is 45.6 Å². The maximum atomic E-state index is 13.8. The van der Waals surface area contributed by atoms with Crippen molar-refractivity contribution < 1.29 is 14.4 Å². The van der Waals surface area contributed by atoms with Crippen LogP contribution in [0.5, 0.6) is 0 Å². The number of hydrogen-bond donors (Lipinski definition) is 0. The van der Waals surface area contributed by atoms with Crippen LogP contribution in [0, 0.1) is 11.8 Å². The quantitative estimate of drug-likeness (QED) is 0.658. The Morgan fingerprint density at radius 2 is 1.79 bits per heavy atom. The van der Waals surface area contributed by atoms with Crippen molar-refractivity contribution in [3.05, 3.63) is 66.0 Å². The van der Waals surface area contributed by atoms with Crippen LogP contribution in [0.15, 0.2) is 54.9 Å². The predicted octanol–water partition coefficient (Wildman–Crippen LogP) is 3.71. The molecule has 3 fully saturated rings. The van der Waals surface area contributed by atoms with Gasteiger partial charge in [-0.3, -0.25) is 24.3 Å². The van der Waals surface area contributed by atoms with E-state index in [1.54, 1.807) is 18.5 Å². The molecule has 1 saturated carbocycles. The number of aromatic nitrogens is 1. The van der Waals surface area contributed by atoms with Crippen molar-refractivity contribution in [2.75, 3.05) is 13.1 Å². The maximum absolute atomic E-state index is 13.8. The summed E-state index contributed by atoms with van der Waals surface area (Å²) in [7, 11) is 0. The van der Waals surface area contributed by atoms with Gasteiger partial charge in [-0.1, -0.05) is 55.7 Å². The standard InChI is InChI=1S/C27H31N3O3/c31-24(29-14-12-21-8-4-5-9-22(21)19-29)15-27(23-10-2-1-3-11-23)16-25(32)30(26(27)33)18-20-7-6-13-28-17-20/h1-3,6-7,10-11,13,17,21-22H,4-5,8-9,12,14-16,18-19H2/t21-,22-,27?/m0/s1. The maximum Gasteiger partial charge on any atom is 0.241 e. The molecule has 1 unspecified atom stereocenters. The first-order valence-electron chi connectivity index (χ1n) is 12.1. The van der Waals surface area contributed by atoms with Crippen LogP contribution in [0.25, 0.3) is 0 Å². The molecule has 5 rings (SSSR count). The van der Waals surface area contributed by atoms with Gasteiger partial charge in [0.25, 0.3) is 0 Å². The van der Waals surface area contributed by atoms with Crippen LogP contribution in [0.1, 0.15) is 56.1 Å². The van der Waals surface area contributed by atoms with Gasteiger partial charge in [-0.05, 0) is 41.9 Å². The lowest BCUT2D eigenvalue weighted by molar-refractivity contribution is -0.144. The number of benzene rings is 1. The second-order valence-corrected chi connectivity index (χ2v) is 9.88. The summed E-state index contributed by atoms with van der Waals surface area (Å²) in [5, 5.41) is 0. The molecule has 3 heterocycles.